The highest BCUT2D eigenvalue weighted by molar-refractivity contribution is 6.30. The van der Waals surface area contributed by atoms with Crippen LogP contribution in [-0.2, 0) is 20.9 Å². The van der Waals surface area contributed by atoms with Gasteiger partial charge in [0.25, 0.3) is 0 Å². The molecule has 0 bridgehead atoms. The minimum absolute atomic E-state index is 0.117. The van der Waals surface area contributed by atoms with E-state index in [0.717, 1.165) is 31.2 Å². The first-order chi connectivity index (χ1) is 13.5. The molecule has 2 aromatic carbocycles. The molecule has 2 aliphatic rings. The zero-order chi connectivity index (χ0) is 19.7. The maximum absolute atomic E-state index is 12.7. The summed E-state index contributed by atoms with van der Waals surface area (Å²) in [6.45, 7) is 0.117. The molecule has 144 valence electrons. The van der Waals surface area contributed by atoms with E-state index in [1.54, 1.807) is 48.5 Å². The third-order valence-electron chi connectivity index (χ3n) is 5.46. The van der Waals surface area contributed by atoms with E-state index < -0.39 is 5.97 Å². The van der Waals surface area contributed by atoms with E-state index in [4.69, 9.17) is 16.3 Å². The van der Waals surface area contributed by atoms with E-state index in [-0.39, 0.29) is 30.3 Å². The van der Waals surface area contributed by atoms with Gasteiger partial charge in [-0.2, -0.15) is 0 Å². The van der Waals surface area contributed by atoms with Gasteiger partial charge in [0, 0.05) is 5.02 Å². The van der Waals surface area contributed by atoms with Gasteiger partial charge in [0.2, 0.25) is 11.8 Å². The number of rotatable bonds is 4. The van der Waals surface area contributed by atoms with Crippen LogP contribution in [0.1, 0.15) is 41.6 Å². The van der Waals surface area contributed by atoms with Gasteiger partial charge in [0.1, 0.15) is 6.61 Å². The number of hydrogen-bond donors (Lipinski definition) is 0. The van der Waals surface area contributed by atoms with Gasteiger partial charge in [-0.1, -0.05) is 42.6 Å². The third kappa shape index (κ3) is 3.54. The molecule has 0 N–H and O–H groups in total. The van der Waals surface area contributed by atoms with Crippen molar-refractivity contribution in [1.29, 1.82) is 0 Å². The Bertz CT molecular complexity index is 900. The average Bonchev–Trinajstić information content (AvgIpc) is 2.98. The van der Waals surface area contributed by atoms with Crippen molar-refractivity contribution in [3.05, 3.63) is 64.7 Å². The Morgan fingerprint density at radius 1 is 1.00 bits per heavy atom. The average molecular weight is 398 g/mol. The standard InChI is InChI=1S/C22H20ClNO4/c23-16-10-8-14(9-11-16)13-28-22(27)15-4-3-5-17(12-15)24-20(25)18-6-1-2-7-19(18)21(24)26/h3-5,8-12,18-19H,1-2,6-7,13H2. The van der Waals surface area contributed by atoms with Crippen molar-refractivity contribution >= 4 is 35.1 Å². The lowest BCUT2D eigenvalue weighted by Crippen LogP contribution is -2.31. The number of esters is 1. The summed E-state index contributed by atoms with van der Waals surface area (Å²) < 4.78 is 5.35. The van der Waals surface area contributed by atoms with E-state index >= 15 is 0 Å². The van der Waals surface area contributed by atoms with Crippen molar-refractivity contribution in [2.24, 2.45) is 11.8 Å². The topological polar surface area (TPSA) is 63.7 Å². The van der Waals surface area contributed by atoms with Gasteiger partial charge in [-0.3, -0.25) is 14.5 Å². The zero-order valence-corrected chi connectivity index (χ0v) is 16.0. The summed E-state index contributed by atoms with van der Waals surface area (Å²) in [5, 5.41) is 0.614. The van der Waals surface area contributed by atoms with Crippen LogP contribution in [0.5, 0.6) is 0 Å². The molecular weight excluding hydrogens is 378 g/mol. The molecule has 2 aromatic rings. The number of halogens is 1. The predicted molar refractivity (Wildman–Crippen MR) is 105 cm³/mol. The summed E-state index contributed by atoms with van der Waals surface area (Å²) >= 11 is 5.85. The number of fused-ring (bicyclic) bond motifs is 1. The zero-order valence-electron chi connectivity index (χ0n) is 15.3. The van der Waals surface area contributed by atoms with Crippen molar-refractivity contribution in [3.8, 4) is 0 Å². The van der Waals surface area contributed by atoms with E-state index in [9.17, 15) is 14.4 Å². The van der Waals surface area contributed by atoms with Crippen molar-refractivity contribution in [2.75, 3.05) is 4.90 Å². The Labute approximate surface area is 168 Å². The quantitative estimate of drug-likeness (QED) is 0.567. The molecule has 0 radical (unpaired) electrons. The minimum atomic E-state index is -0.506. The van der Waals surface area contributed by atoms with Crippen LogP contribution in [0.3, 0.4) is 0 Å². The molecule has 2 unspecified atom stereocenters. The Hall–Kier alpha value is -2.66. The van der Waals surface area contributed by atoms with Crippen LogP contribution in [0.4, 0.5) is 5.69 Å². The van der Waals surface area contributed by atoms with Gasteiger partial charge < -0.3 is 4.74 Å². The molecule has 1 saturated carbocycles. The number of anilines is 1. The highest BCUT2D eigenvalue weighted by Gasteiger charge is 2.48. The number of carbonyl (C=O) groups excluding carboxylic acids is 3. The van der Waals surface area contributed by atoms with E-state index in [0.29, 0.717) is 16.3 Å². The van der Waals surface area contributed by atoms with Gasteiger partial charge in [-0.25, -0.2) is 4.79 Å². The summed E-state index contributed by atoms with van der Waals surface area (Å²) in [4.78, 5) is 39.2. The number of carbonyl (C=O) groups is 3. The first-order valence-corrected chi connectivity index (χ1v) is 9.82. The maximum Gasteiger partial charge on any atom is 0.338 e. The lowest BCUT2D eigenvalue weighted by atomic mass is 9.81. The monoisotopic (exact) mass is 397 g/mol. The van der Waals surface area contributed by atoms with Crippen LogP contribution in [0.2, 0.25) is 5.02 Å². The van der Waals surface area contributed by atoms with Crippen LogP contribution in [0.15, 0.2) is 48.5 Å². The van der Waals surface area contributed by atoms with Crippen LogP contribution in [0.25, 0.3) is 0 Å². The molecule has 2 amide bonds. The molecule has 0 spiro atoms. The number of benzene rings is 2. The highest BCUT2D eigenvalue weighted by atomic mass is 35.5. The second-order valence-electron chi connectivity index (χ2n) is 7.26. The number of hydrogen-bond acceptors (Lipinski definition) is 4. The smallest absolute Gasteiger partial charge is 0.338 e. The maximum atomic E-state index is 12.7. The third-order valence-corrected chi connectivity index (χ3v) is 5.72. The summed E-state index contributed by atoms with van der Waals surface area (Å²) in [5.74, 6) is -1.25. The number of amides is 2. The molecule has 2 atom stereocenters. The molecule has 28 heavy (non-hydrogen) atoms. The molecule has 6 heteroatoms. The Kier molecular flexibility index (Phi) is 5.18. The first-order valence-electron chi connectivity index (χ1n) is 9.44. The molecule has 2 fully saturated rings. The Morgan fingerprint density at radius 3 is 2.29 bits per heavy atom. The van der Waals surface area contributed by atoms with Gasteiger partial charge in [0.15, 0.2) is 0 Å². The molecule has 0 aromatic heterocycles. The SMILES string of the molecule is O=C(OCc1ccc(Cl)cc1)c1cccc(N2C(=O)C3CCCCC3C2=O)c1. The highest BCUT2D eigenvalue weighted by Crippen LogP contribution is 2.40. The Balaban J connectivity index is 1.49. The van der Waals surface area contributed by atoms with Crippen molar-refractivity contribution < 1.29 is 19.1 Å². The van der Waals surface area contributed by atoms with Gasteiger partial charge >= 0.3 is 5.97 Å². The largest absolute Gasteiger partial charge is 0.457 e. The normalized spacial score (nSPS) is 21.5. The van der Waals surface area contributed by atoms with Crippen molar-refractivity contribution in [3.63, 3.8) is 0 Å². The fourth-order valence-corrected chi connectivity index (χ4v) is 4.13. The number of nitrogens with zero attached hydrogens (tertiary/aromatic N) is 1. The first kappa shape index (κ1) is 18.7. The van der Waals surface area contributed by atoms with Gasteiger partial charge in [-0.05, 0) is 48.7 Å². The molecule has 1 aliphatic heterocycles. The second kappa shape index (κ2) is 7.76. The predicted octanol–water partition coefficient (Wildman–Crippen LogP) is 4.38. The lowest BCUT2D eigenvalue weighted by Gasteiger charge is -2.19. The number of imide groups is 1. The molecule has 5 nitrogen and oxygen atoms in total. The summed E-state index contributed by atoms with van der Waals surface area (Å²) in [5.41, 5.74) is 1.56. The molecule has 4 rings (SSSR count). The van der Waals surface area contributed by atoms with Crippen LogP contribution < -0.4 is 4.90 Å². The van der Waals surface area contributed by atoms with Crippen molar-refractivity contribution in [1.82, 2.24) is 0 Å². The molecule has 1 saturated heterocycles. The number of ether oxygens (including phenoxy) is 1. The second-order valence-corrected chi connectivity index (χ2v) is 7.70. The van der Waals surface area contributed by atoms with Crippen LogP contribution in [0, 0.1) is 11.8 Å². The summed E-state index contributed by atoms with van der Waals surface area (Å²) in [6.07, 6.45) is 3.47. The summed E-state index contributed by atoms with van der Waals surface area (Å²) in [7, 11) is 0. The lowest BCUT2D eigenvalue weighted by molar-refractivity contribution is -0.122. The summed E-state index contributed by atoms with van der Waals surface area (Å²) in [6, 6.07) is 13.6. The van der Waals surface area contributed by atoms with E-state index in [2.05, 4.69) is 0 Å². The fourth-order valence-electron chi connectivity index (χ4n) is 4.00. The van der Waals surface area contributed by atoms with Gasteiger partial charge in [-0.15, -0.1) is 0 Å². The van der Waals surface area contributed by atoms with Crippen LogP contribution in [-0.4, -0.2) is 17.8 Å². The van der Waals surface area contributed by atoms with E-state index in [1.165, 1.54) is 4.90 Å². The van der Waals surface area contributed by atoms with Crippen molar-refractivity contribution in [2.45, 2.75) is 32.3 Å². The van der Waals surface area contributed by atoms with Crippen LogP contribution >= 0.6 is 11.6 Å². The molecule has 1 aliphatic carbocycles. The molecule has 1 heterocycles. The van der Waals surface area contributed by atoms with Gasteiger partial charge in [0.05, 0.1) is 23.1 Å². The Morgan fingerprint density at radius 2 is 1.64 bits per heavy atom. The molecular formula is C22H20ClNO4. The van der Waals surface area contributed by atoms with E-state index in [1.807, 2.05) is 0 Å². The minimum Gasteiger partial charge on any atom is -0.457 e. The fraction of sp³-hybridized carbons (Fsp3) is 0.318.